The Morgan fingerprint density at radius 3 is 2.11 bits per heavy atom. The fourth-order valence-electron chi connectivity index (χ4n) is 3.32. The van der Waals surface area contributed by atoms with Crippen LogP contribution in [0.15, 0.2) is 60.7 Å². The Balaban J connectivity index is 1.77. The molecule has 0 aliphatic rings. The van der Waals surface area contributed by atoms with E-state index in [9.17, 15) is 14.4 Å². The Morgan fingerprint density at radius 1 is 0.914 bits per heavy atom. The van der Waals surface area contributed by atoms with Gasteiger partial charge in [-0.25, -0.2) is 9.59 Å². The minimum absolute atomic E-state index is 0.103. The van der Waals surface area contributed by atoms with E-state index < -0.39 is 23.8 Å². The molecule has 0 saturated carbocycles. The normalized spacial score (nSPS) is 11.8. The Kier molecular flexibility index (Phi) is 11.1. The van der Waals surface area contributed by atoms with E-state index in [2.05, 4.69) is 10.6 Å². The van der Waals surface area contributed by atoms with Gasteiger partial charge >= 0.3 is 12.2 Å². The molecule has 2 rings (SSSR count). The van der Waals surface area contributed by atoms with Crippen molar-refractivity contribution in [2.24, 2.45) is 0 Å². The number of benzene rings is 2. The minimum Gasteiger partial charge on any atom is -0.445 e. The Labute approximate surface area is 208 Å². The number of ether oxygens (including phenoxy) is 2. The maximum atomic E-state index is 12.8. The molecule has 0 aromatic heterocycles. The first-order valence-corrected chi connectivity index (χ1v) is 11.8. The molecule has 0 fully saturated rings. The van der Waals surface area contributed by atoms with Crippen LogP contribution in [0.25, 0.3) is 0 Å². The molecule has 1 atom stereocenters. The van der Waals surface area contributed by atoms with Gasteiger partial charge in [0.15, 0.2) is 0 Å². The maximum Gasteiger partial charge on any atom is 0.407 e. The summed E-state index contributed by atoms with van der Waals surface area (Å²) < 4.78 is 10.6. The number of amides is 3. The summed E-state index contributed by atoms with van der Waals surface area (Å²) >= 11 is 0. The first-order valence-electron chi connectivity index (χ1n) is 11.8. The van der Waals surface area contributed by atoms with Crippen LogP contribution < -0.4 is 10.6 Å². The molecule has 0 bridgehead atoms. The molecule has 8 heteroatoms. The van der Waals surface area contributed by atoms with Gasteiger partial charge in [0.25, 0.3) is 0 Å². The maximum absolute atomic E-state index is 12.8. The van der Waals surface area contributed by atoms with E-state index in [4.69, 9.17) is 9.47 Å². The zero-order chi connectivity index (χ0) is 25.7. The van der Waals surface area contributed by atoms with Gasteiger partial charge in [0.2, 0.25) is 5.91 Å². The highest BCUT2D eigenvalue weighted by Crippen LogP contribution is 2.11. The SMILES string of the molecule is CN(CCCNC(=O)OCc1ccccc1)C(=O)CC(Cc1ccccc1)NC(=O)OC(C)(C)C. The van der Waals surface area contributed by atoms with Crippen molar-refractivity contribution in [1.82, 2.24) is 15.5 Å². The van der Waals surface area contributed by atoms with E-state index in [1.807, 2.05) is 60.7 Å². The van der Waals surface area contributed by atoms with Crippen molar-refractivity contribution in [2.75, 3.05) is 20.1 Å². The summed E-state index contributed by atoms with van der Waals surface area (Å²) in [5, 5.41) is 5.53. The summed E-state index contributed by atoms with van der Waals surface area (Å²) in [6.07, 6.45) is 0.177. The number of hydrogen-bond acceptors (Lipinski definition) is 5. The third-order valence-electron chi connectivity index (χ3n) is 5.04. The number of alkyl carbamates (subject to hydrolysis) is 2. The molecule has 2 aromatic rings. The molecule has 190 valence electrons. The number of rotatable bonds is 11. The second-order valence-electron chi connectivity index (χ2n) is 9.39. The number of carbonyl (C=O) groups is 3. The fraction of sp³-hybridized carbons (Fsp3) is 0.444. The molecule has 2 aromatic carbocycles. The quantitative estimate of drug-likeness (QED) is 0.465. The van der Waals surface area contributed by atoms with Crippen molar-refractivity contribution in [3.05, 3.63) is 71.8 Å². The van der Waals surface area contributed by atoms with Crippen molar-refractivity contribution in [3.8, 4) is 0 Å². The molecule has 0 aliphatic heterocycles. The van der Waals surface area contributed by atoms with Gasteiger partial charge in [-0.05, 0) is 44.7 Å². The largest absolute Gasteiger partial charge is 0.445 e. The van der Waals surface area contributed by atoms with E-state index in [1.165, 1.54) is 0 Å². The van der Waals surface area contributed by atoms with Gasteiger partial charge < -0.3 is 25.0 Å². The Morgan fingerprint density at radius 2 is 1.51 bits per heavy atom. The highest BCUT2D eigenvalue weighted by molar-refractivity contribution is 5.77. The minimum atomic E-state index is -0.628. The number of carbonyl (C=O) groups excluding carboxylic acids is 3. The molecule has 0 heterocycles. The molecule has 0 spiro atoms. The van der Waals surface area contributed by atoms with Crippen LogP contribution in [-0.4, -0.2) is 54.8 Å². The van der Waals surface area contributed by atoms with E-state index in [1.54, 1.807) is 32.7 Å². The van der Waals surface area contributed by atoms with Gasteiger partial charge in [-0.3, -0.25) is 4.79 Å². The third kappa shape index (κ3) is 11.9. The fourth-order valence-corrected chi connectivity index (χ4v) is 3.32. The smallest absolute Gasteiger partial charge is 0.407 e. The Hall–Kier alpha value is -3.55. The van der Waals surface area contributed by atoms with E-state index in [0.29, 0.717) is 25.9 Å². The van der Waals surface area contributed by atoms with Gasteiger partial charge in [0.1, 0.15) is 12.2 Å². The lowest BCUT2D eigenvalue weighted by molar-refractivity contribution is -0.130. The summed E-state index contributed by atoms with van der Waals surface area (Å²) in [6, 6.07) is 18.7. The van der Waals surface area contributed by atoms with E-state index >= 15 is 0 Å². The summed E-state index contributed by atoms with van der Waals surface area (Å²) in [5.41, 5.74) is 1.30. The van der Waals surface area contributed by atoms with Crippen molar-refractivity contribution < 1.29 is 23.9 Å². The average Bonchev–Trinajstić information content (AvgIpc) is 2.80. The van der Waals surface area contributed by atoms with Crippen LogP contribution in [0.5, 0.6) is 0 Å². The van der Waals surface area contributed by atoms with Gasteiger partial charge in [0.05, 0.1) is 0 Å². The Bertz CT molecular complexity index is 929. The molecular formula is C27H37N3O5. The van der Waals surface area contributed by atoms with Crippen LogP contribution >= 0.6 is 0 Å². The first kappa shape index (κ1) is 27.7. The van der Waals surface area contributed by atoms with Gasteiger partial charge in [-0.15, -0.1) is 0 Å². The number of nitrogens with zero attached hydrogens (tertiary/aromatic N) is 1. The van der Waals surface area contributed by atoms with Crippen LogP contribution in [0.1, 0.15) is 44.7 Å². The number of nitrogens with one attached hydrogen (secondary N) is 2. The second-order valence-corrected chi connectivity index (χ2v) is 9.39. The molecule has 1 unspecified atom stereocenters. The first-order chi connectivity index (χ1) is 16.6. The van der Waals surface area contributed by atoms with E-state index in [-0.39, 0.29) is 18.9 Å². The zero-order valence-corrected chi connectivity index (χ0v) is 21.1. The van der Waals surface area contributed by atoms with Crippen LogP contribution in [0.3, 0.4) is 0 Å². The molecule has 0 saturated heterocycles. The predicted molar refractivity (Wildman–Crippen MR) is 135 cm³/mol. The average molecular weight is 484 g/mol. The highest BCUT2D eigenvalue weighted by Gasteiger charge is 2.23. The molecule has 35 heavy (non-hydrogen) atoms. The van der Waals surface area contributed by atoms with Gasteiger partial charge in [-0.1, -0.05) is 60.7 Å². The van der Waals surface area contributed by atoms with Crippen molar-refractivity contribution in [1.29, 1.82) is 0 Å². The molecular weight excluding hydrogens is 446 g/mol. The molecule has 2 N–H and O–H groups in total. The summed E-state index contributed by atoms with van der Waals surface area (Å²) in [6.45, 7) is 6.44. The lowest BCUT2D eigenvalue weighted by Crippen LogP contribution is -2.43. The topological polar surface area (TPSA) is 97.0 Å². The highest BCUT2D eigenvalue weighted by atomic mass is 16.6. The van der Waals surface area contributed by atoms with Gasteiger partial charge in [0, 0.05) is 32.6 Å². The summed E-state index contributed by atoms with van der Waals surface area (Å²) in [7, 11) is 1.71. The molecule has 0 aliphatic carbocycles. The van der Waals surface area contributed by atoms with Crippen LogP contribution in [-0.2, 0) is 27.3 Å². The lowest BCUT2D eigenvalue weighted by atomic mass is 10.0. The van der Waals surface area contributed by atoms with Crippen molar-refractivity contribution in [3.63, 3.8) is 0 Å². The third-order valence-corrected chi connectivity index (χ3v) is 5.04. The van der Waals surface area contributed by atoms with E-state index in [0.717, 1.165) is 11.1 Å². The summed E-state index contributed by atoms with van der Waals surface area (Å²) in [4.78, 5) is 38.6. The second kappa shape index (κ2) is 14.0. The van der Waals surface area contributed by atoms with Gasteiger partial charge in [-0.2, -0.15) is 0 Å². The molecule has 3 amide bonds. The van der Waals surface area contributed by atoms with Crippen molar-refractivity contribution >= 4 is 18.1 Å². The van der Waals surface area contributed by atoms with Crippen LogP contribution in [0.2, 0.25) is 0 Å². The molecule has 0 radical (unpaired) electrons. The van der Waals surface area contributed by atoms with Crippen LogP contribution in [0.4, 0.5) is 9.59 Å². The van der Waals surface area contributed by atoms with Crippen LogP contribution in [0, 0.1) is 0 Å². The molecule has 8 nitrogen and oxygen atoms in total. The zero-order valence-electron chi connectivity index (χ0n) is 21.1. The predicted octanol–water partition coefficient (Wildman–Crippen LogP) is 4.29. The standard InChI is InChI=1S/C27H37N3O5/c1-27(2,3)35-26(33)29-23(18-21-12-7-5-8-13-21)19-24(31)30(4)17-11-16-28-25(32)34-20-22-14-9-6-10-15-22/h5-10,12-15,23H,11,16-20H2,1-4H3,(H,28,32)(H,29,33). The van der Waals surface area contributed by atoms with Crippen molar-refractivity contribution in [2.45, 2.75) is 58.3 Å². The number of hydrogen-bond donors (Lipinski definition) is 2. The monoisotopic (exact) mass is 483 g/mol. The summed E-state index contributed by atoms with van der Waals surface area (Å²) in [5.74, 6) is -0.103. The lowest BCUT2D eigenvalue weighted by Gasteiger charge is -2.25.